The van der Waals surface area contributed by atoms with Gasteiger partial charge in [0.05, 0.1) is 33.5 Å². The molecule has 0 bridgehead atoms. The van der Waals surface area contributed by atoms with Gasteiger partial charge in [0.2, 0.25) is 0 Å². The van der Waals surface area contributed by atoms with Gasteiger partial charge in [0.25, 0.3) is 11.8 Å². The van der Waals surface area contributed by atoms with Crippen LogP contribution in [0, 0.1) is 0 Å². The molecule has 0 unspecified atom stereocenters. The molecule has 0 N–H and O–H groups in total. The number of carbonyl (C=O) groups excluding carboxylic acids is 2. The third kappa shape index (κ3) is 4.96. The van der Waals surface area contributed by atoms with E-state index < -0.39 is 0 Å². The molecule has 0 spiro atoms. The summed E-state index contributed by atoms with van der Waals surface area (Å²) < 4.78 is 2.13. The SMILES string of the molecule is O=C1c2cccc(-n3c4ccc(-c5ccncc5)cc4c4cc(-c5ccncc5)ccc43)c2C(=O)N1c1cccc(-c2ccccc2)c1-c1ccccc1. The van der Waals surface area contributed by atoms with E-state index in [0.717, 1.165) is 66.3 Å². The fourth-order valence-corrected chi connectivity index (χ4v) is 7.90. The number of hydrogen-bond acceptors (Lipinski definition) is 4. The summed E-state index contributed by atoms with van der Waals surface area (Å²) in [5.41, 5.74) is 11.7. The van der Waals surface area contributed by atoms with Gasteiger partial charge in [-0.05, 0) is 106 Å². The van der Waals surface area contributed by atoms with Gasteiger partial charge in [-0.2, -0.15) is 0 Å². The van der Waals surface area contributed by atoms with Crippen LogP contribution >= 0.6 is 0 Å². The monoisotopic (exact) mass is 694 g/mol. The molecule has 0 aliphatic carbocycles. The number of aromatic nitrogens is 3. The molecule has 4 heterocycles. The van der Waals surface area contributed by atoms with Crippen molar-refractivity contribution in [3.05, 3.63) is 194 Å². The average molecular weight is 695 g/mol. The van der Waals surface area contributed by atoms with Crippen LogP contribution in [0.2, 0.25) is 0 Å². The predicted molar refractivity (Wildman–Crippen MR) is 216 cm³/mol. The minimum Gasteiger partial charge on any atom is -0.308 e. The van der Waals surface area contributed by atoms with E-state index in [1.807, 2.05) is 103 Å². The topological polar surface area (TPSA) is 68.1 Å². The summed E-state index contributed by atoms with van der Waals surface area (Å²) >= 11 is 0. The number of imide groups is 1. The van der Waals surface area contributed by atoms with Crippen molar-refractivity contribution in [2.45, 2.75) is 0 Å². The molecule has 6 heteroatoms. The molecule has 54 heavy (non-hydrogen) atoms. The molecule has 0 radical (unpaired) electrons. The normalized spacial score (nSPS) is 12.5. The van der Waals surface area contributed by atoms with Gasteiger partial charge in [-0.3, -0.25) is 19.6 Å². The Morgan fingerprint density at radius 3 is 1.46 bits per heavy atom. The molecule has 1 aliphatic heterocycles. The molecular formula is C48H30N4O2. The molecule has 10 rings (SSSR count). The Kier molecular flexibility index (Phi) is 7.34. The molecule has 0 saturated heterocycles. The number of hydrogen-bond donors (Lipinski definition) is 0. The molecule has 0 atom stereocenters. The molecule has 9 aromatic rings. The van der Waals surface area contributed by atoms with E-state index in [0.29, 0.717) is 22.5 Å². The highest BCUT2D eigenvalue weighted by atomic mass is 16.2. The third-order valence-electron chi connectivity index (χ3n) is 10.4. The van der Waals surface area contributed by atoms with Crippen LogP contribution < -0.4 is 4.90 Å². The van der Waals surface area contributed by atoms with Crippen molar-refractivity contribution in [1.82, 2.24) is 14.5 Å². The molecule has 0 saturated carbocycles. The summed E-state index contributed by atoms with van der Waals surface area (Å²) in [6.07, 6.45) is 7.19. The van der Waals surface area contributed by atoms with Gasteiger partial charge in [-0.1, -0.05) is 91.0 Å². The van der Waals surface area contributed by atoms with Crippen molar-refractivity contribution >= 4 is 39.3 Å². The number of nitrogens with zero attached hydrogens (tertiary/aromatic N) is 4. The second-order valence-corrected chi connectivity index (χ2v) is 13.3. The number of rotatable bonds is 6. The van der Waals surface area contributed by atoms with Crippen molar-refractivity contribution < 1.29 is 9.59 Å². The highest BCUT2D eigenvalue weighted by Gasteiger charge is 2.40. The van der Waals surface area contributed by atoms with Crippen LogP contribution in [0.5, 0.6) is 0 Å². The van der Waals surface area contributed by atoms with E-state index in [-0.39, 0.29) is 11.8 Å². The fourth-order valence-electron chi connectivity index (χ4n) is 7.90. The molecule has 0 fully saturated rings. The Hall–Kier alpha value is -7.44. The zero-order valence-corrected chi connectivity index (χ0v) is 28.9. The van der Waals surface area contributed by atoms with Crippen molar-refractivity contribution in [3.8, 4) is 50.2 Å². The Morgan fingerprint density at radius 1 is 0.370 bits per heavy atom. The summed E-state index contributed by atoms with van der Waals surface area (Å²) in [4.78, 5) is 39.4. The molecule has 254 valence electrons. The highest BCUT2D eigenvalue weighted by Crippen LogP contribution is 2.44. The number of pyridine rings is 2. The van der Waals surface area contributed by atoms with Gasteiger partial charge in [-0.25, -0.2) is 4.90 Å². The first-order chi connectivity index (χ1) is 26.7. The zero-order chi connectivity index (χ0) is 36.2. The lowest BCUT2D eigenvalue weighted by Gasteiger charge is -2.22. The van der Waals surface area contributed by atoms with Gasteiger partial charge < -0.3 is 4.57 Å². The zero-order valence-electron chi connectivity index (χ0n) is 28.9. The lowest BCUT2D eigenvalue weighted by molar-refractivity contribution is 0.0926. The maximum Gasteiger partial charge on any atom is 0.268 e. The van der Waals surface area contributed by atoms with E-state index in [4.69, 9.17) is 0 Å². The predicted octanol–water partition coefficient (Wildman–Crippen LogP) is 11.0. The van der Waals surface area contributed by atoms with Gasteiger partial charge in [0.15, 0.2) is 0 Å². The van der Waals surface area contributed by atoms with E-state index >= 15 is 0 Å². The van der Waals surface area contributed by atoms with E-state index in [2.05, 4.69) is 63.1 Å². The number of amides is 2. The van der Waals surface area contributed by atoms with Crippen molar-refractivity contribution in [2.75, 3.05) is 4.90 Å². The molecule has 1 aliphatic rings. The number of anilines is 1. The summed E-state index contributed by atoms with van der Waals surface area (Å²) in [7, 11) is 0. The summed E-state index contributed by atoms with van der Waals surface area (Å²) in [5.74, 6) is -0.704. The molecular weight excluding hydrogens is 665 g/mol. The lowest BCUT2D eigenvalue weighted by atomic mass is 9.92. The quantitative estimate of drug-likeness (QED) is 0.163. The van der Waals surface area contributed by atoms with Crippen molar-refractivity contribution in [1.29, 1.82) is 0 Å². The number of carbonyl (C=O) groups is 2. The molecule has 6 nitrogen and oxygen atoms in total. The Morgan fingerprint density at radius 2 is 0.889 bits per heavy atom. The molecule has 6 aromatic carbocycles. The van der Waals surface area contributed by atoms with Crippen molar-refractivity contribution in [2.24, 2.45) is 0 Å². The van der Waals surface area contributed by atoms with Crippen LogP contribution in [0.15, 0.2) is 183 Å². The Balaban J connectivity index is 1.19. The number of benzene rings is 6. The van der Waals surface area contributed by atoms with Gasteiger partial charge >= 0.3 is 0 Å². The largest absolute Gasteiger partial charge is 0.308 e. The summed E-state index contributed by atoms with van der Waals surface area (Å²) in [6, 6.07) is 52.3. The molecule has 2 amide bonds. The third-order valence-corrected chi connectivity index (χ3v) is 10.4. The van der Waals surface area contributed by atoms with Crippen LogP contribution in [-0.4, -0.2) is 26.3 Å². The first kappa shape index (κ1) is 31.3. The Labute approximate surface area is 311 Å². The first-order valence-corrected chi connectivity index (χ1v) is 17.8. The van der Waals surface area contributed by atoms with E-state index in [1.54, 1.807) is 30.9 Å². The van der Waals surface area contributed by atoms with Gasteiger partial charge in [0.1, 0.15) is 0 Å². The number of fused-ring (bicyclic) bond motifs is 4. The van der Waals surface area contributed by atoms with Crippen LogP contribution in [0.1, 0.15) is 20.7 Å². The standard InChI is InChI=1S/C48H30N4O2/c53-47-38-14-8-16-44(46(38)48(54)52(47)43-15-7-13-37(33-9-3-1-4-10-33)45(43)34-11-5-2-6-12-34)51-41-19-17-35(31-21-25-49-26-22-31)29-39(41)40-30-36(18-20-42(40)51)32-23-27-50-28-24-32/h1-30H. The van der Waals surface area contributed by atoms with Crippen LogP contribution in [0.25, 0.3) is 72.0 Å². The second-order valence-electron chi connectivity index (χ2n) is 13.3. The van der Waals surface area contributed by atoms with Crippen LogP contribution in [-0.2, 0) is 0 Å². The maximum absolute atomic E-state index is 15.0. The lowest BCUT2D eigenvalue weighted by Crippen LogP contribution is -2.30. The van der Waals surface area contributed by atoms with E-state index in [1.165, 1.54) is 4.90 Å². The Bertz CT molecular complexity index is 2810. The van der Waals surface area contributed by atoms with Gasteiger partial charge in [0, 0.05) is 41.1 Å². The fraction of sp³-hybridized carbons (Fsp3) is 0. The minimum absolute atomic E-state index is 0.347. The highest BCUT2D eigenvalue weighted by molar-refractivity contribution is 6.37. The minimum atomic E-state index is -0.357. The van der Waals surface area contributed by atoms with Crippen LogP contribution in [0.4, 0.5) is 5.69 Å². The van der Waals surface area contributed by atoms with E-state index in [9.17, 15) is 9.59 Å². The maximum atomic E-state index is 15.0. The second kappa shape index (κ2) is 12.7. The summed E-state index contributed by atoms with van der Waals surface area (Å²) in [5, 5.41) is 2.06. The average Bonchev–Trinajstić information content (AvgIpc) is 3.71. The molecule has 3 aromatic heterocycles. The van der Waals surface area contributed by atoms with Gasteiger partial charge in [-0.15, -0.1) is 0 Å². The smallest absolute Gasteiger partial charge is 0.268 e. The van der Waals surface area contributed by atoms with Crippen LogP contribution in [0.3, 0.4) is 0 Å². The first-order valence-electron chi connectivity index (χ1n) is 17.8. The van der Waals surface area contributed by atoms with Crippen molar-refractivity contribution in [3.63, 3.8) is 0 Å². The summed E-state index contributed by atoms with van der Waals surface area (Å²) in [6.45, 7) is 0.